The van der Waals surface area contributed by atoms with Crippen LogP contribution in [0.5, 0.6) is 0 Å². The van der Waals surface area contributed by atoms with Crippen molar-refractivity contribution in [1.29, 1.82) is 0 Å². The number of unbranched alkanes of at least 4 members (excludes halogenated alkanes) is 20. The van der Waals surface area contributed by atoms with Crippen molar-refractivity contribution in [3.63, 3.8) is 0 Å². The summed E-state index contributed by atoms with van der Waals surface area (Å²) in [6, 6.07) is 0. The maximum absolute atomic E-state index is 10.6. The molecule has 0 saturated carbocycles. The Labute approximate surface area is 269 Å². The van der Waals surface area contributed by atoms with Gasteiger partial charge in [0, 0.05) is 13.2 Å². The van der Waals surface area contributed by atoms with Gasteiger partial charge in [-0.25, -0.2) is 0 Å². The Morgan fingerprint density at radius 1 is 0.349 bits per heavy atom. The highest BCUT2D eigenvalue weighted by Crippen LogP contribution is 2.22. The Morgan fingerprint density at radius 2 is 0.605 bits per heavy atom. The molecule has 0 aliphatic carbocycles. The van der Waals surface area contributed by atoms with Crippen LogP contribution < -0.4 is 0 Å². The van der Waals surface area contributed by atoms with Gasteiger partial charge in [-0.05, 0) is 52.4 Å². The Hall–Kier alpha value is -0.200. The second-order valence-corrected chi connectivity index (χ2v) is 14.0. The molecule has 2 N–H and O–H groups in total. The summed E-state index contributed by atoms with van der Waals surface area (Å²) in [7, 11) is 0. The number of aliphatic hydroxyl groups is 2. The lowest BCUT2D eigenvalue weighted by molar-refractivity contribution is -0.134. The molecule has 5 nitrogen and oxygen atoms in total. The van der Waals surface area contributed by atoms with Gasteiger partial charge < -0.3 is 24.4 Å². The molecular weight excluding hydrogens is 536 g/mol. The minimum Gasteiger partial charge on any atom is -0.390 e. The van der Waals surface area contributed by atoms with Crippen LogP contribution in [-0.2, 0) is 14.2 Å². The van der Waals surface area contributed by atoms with E-state index in [0.29, 0.717) is 13.2 Å². The average Bonchev–Trinajstić information content (AvgIpc) is 2.97. The van der Waals surface area contributed by atoms with Crippen LogP contribution in [0.1, 0.15) is 207 Å². The van der Waals surface area contributed by atoms with Gasteiger partial charge in [0.15, 0.2) is 0 Å². The fraction of sp³-hybridized carbons (Fsp3) is 1.00. The fourth-order valence-corrected chi connectivity index (χ4v) is 5.97. The second kappa shape index (κ2) is 31.8. The largest absolute Gasteiger partial charge is 0.390 e. The molecule has 0 aromatic rings. The van der Waals surface area contributed by atoms with Gasteiger partial charge in [-0.15, -0.1) is 0 Å². The number of hydrogen-bond acceptors (Lipinski definition) is 5. The molecule has 260 valence electrons. The molecule has 5 heteroatoms. The predicted molar refractivity (Wildman–Crippen MR) is 185 cm³/mol. The quantitative estimate of drug-likeness (QED) is 0.0543. The molecule has 2 unspecified atom stereocenters. The van der Waals surface area contributed by atoms with E-state index in [4.69, 9.17) is 14.2 Å². The molecule has 0 radical (unpaired) electrons. The van der Waals surface area contributed by atoms with E-state index in [1.54, 1.807) is 0 Å². The van der Waals surface area contributed by atoms with Crippen LogP contribution in [0.15, 0.2) is 0 Å². The summed E-state index contributed by atoms with van der Waals surface area (Å²) in [4.78, 5) is 0. The van der Waals surface area contributed by atoms with Crippen LogP contribution in [0.4, 0.5) is 0 Å². The summed E-state index contributed by atoms with van der Waals surface area (Å²) < 4.78 is 16.5. The third kappa shape index (κ3) is 34.5. The third-order valence-electron chi connectivity index (χ3n) is 8.98. The van der Waals surface area contributed by atoms with Crippen molar-refractivity contribution in [2.75, 3.05) is 26.8 Å². The van der Waals surface area contributed by atoms with Crippen molar-refractivity contribution in [2.45, 2.75) is 219 Å². The molecule has 0 aromatic carbocycles. The first kappa shape index (κ1) is 42.8. The molecule has 0 fully saturated rings. The van der Waals surface area contributed by atoms with E-state index in [0.717, 1.165) is 51.4 Å². The van der Waals surface area contributed by atoms with E-state index in [1.165, 1.54) is 128 Å². The molecule has 0 spiro atoms. The van der Waals surface area contributed by atoms with Crippen molar-refractivity contribution >= 4 is 0 Å². The highest BCUT2D eigenvalue weighted by molar-refractivity contribution is 4.73. The van der Waals surface area contributed by atoms with Crippen molar-refractivity contribution in [1.82, 2.24) is 0 Å². The molecular formula is C38H78O5. The molecule has 0 aliphatic heterocycles. The summed E-state index contributed by atoms with van der Waals surface area (Å²) in [5.41, 5.74) is -1.19. The number of rotatable bonds is 36. The first-order valence-electron chi connectivity index (χ1n) is 19.0. The zero-order valence-corrected chi connectivity index (χ0v) is 29.7. The van der Waals surface area contributed by atoms with E-state index >= 15 is 0 Å². The van der Waals surface area contributed by atoms with Gasteiger partial charge in [-0.1, -0.05) is 155 Å². The van der Waals surface area contributed by atoms with Gasteiger partial charge in [-0.3, -0.25) is 0 Å². The smallest absolute Gasteiger partial charge is 0.149 e. The lowest BCUT2D eigenvalue weighted by atomic mass is 9.93. The van der Waals surface area contributed by atoms with Crippen molar-refractivity contribution in [2.24, 2.45) is 0 Å². The summed E-state index contributed by atoms with van der Waals surface area (Å²) in [6.07, 6.45) is 34.3. The molecule has 0 rings (SSSR count). The highest BCUT2D eigenvalue weighted by atomic mass is 16.7. The Kier molecular flexibility index (Phi) is 31.6. The van der Waals surface area contributed by atoms with Gasteiger partial charge in [0.1, 0.15) is 13.6 Å². The van der Waals surface area contributed by atoms with Crippen molar-refractivity contribution < 1.29 is 24.4 Å². The molecule has 0 amide bonds. The van der Waals surface area contributed by atoms with E-state index in [1.807, 2.05) is 13.8 Å². The Bertz CT molecular complexity index is 490. The topological polar surface area (TPSA) is 68.2 Å². The van der Waals surface area contributed by atoms with Crippen LogP contribution in [0.3, 0.4) is 0 Å². The van der Waals surface area contributed by atoms with Crippen molar-refractivity contribution in [3.05, 3.63) is 0 Å². The van der Waals surface area contributed by atoms with Crippen LogP contribution in [0.2, 0.25) is 0 Å². The van der Waals surface area contributed by atoms with E-state index < -0.39 is 11.2 Å². The molecule has 0 aromatic heterocycles. The van der Waals surface area contributed by atoms with Gasteiger partial charge in [-0.2, -0.15) is 0 Å². The maximum Gasteiger partial charge on any atom is 0.149 e. The first-order chi connectivity index (χ1) is 20.8. The number of hydrogen-bond donors (Lipinski definition) is 2. The van der Waals surface area contributed by atoms with Crippen LogP contribution in [0.25, 0.3) is 0 Å². The summed E-state index contributed by atoms with van der Waals surface area (Å²) in [5, 5.41) is 21.3. The average molecular weight is 615 g/mol. The van der Waals surface area contributed by atoms with E-state index in [2.05, 4.69) is 13.8 Å². The van der Waals surface area contributed by atoms with Gasteiger partial charge in [0.2, 0.25) is 0 Å². The SMILES string of the molecule is CCCCCCCCCCCCCC(C)(O)CCCOCOCOCCCC(C)(O)CCCCCCCCCCCCC. The summed E-state index contributed by atoms with van der Waals surface area (Å²) >= 11 is 0. The lowest BCUT2D eigenvalue weighted by Crippen LogP contribution is -2.24. The molecule has 43 heavy (non-hydrogen) atoms. The van der Waals surface area contributed by atoms with Gasteiger partial charge >= 0.3 is 0 Å². The summed E-state index contributed by atoms with van der Waals surface area (Å²) in [5.74, 6) is 0. The zero-order chi connectivity index (χ0) is 31.7. The van der Waals surface area contributed by atoms with E-state index in [-0.39, 0.29) is 13.6 Å². The Morgan fingerprint density at radius 3 is 0.907 bits per heavy atom. The fourth-order valence-electron chi connectivity index (χ4n) is 5.97. The normalized spacial score (nSPS) is 14.7. The standard InChI is InChI=1S/C38H78O5/c1-5-7-9-11-13-15-17-19-21-23-25-29-37(3,39)31-27-33-41-35-43-36-42-34-28-32-38(4,40)30-26-24-22-20-18-16-14-12-10-8-6-2/h39-40H,5-36H2,1-4H3. The van der Waals surface area contributed by atoms with Gasteiger partial charge in [0.05, 0.1) is 11.2 Å². The minimum atomic E-state index is -0.596. The maximum atomic E-state index is 10.6. The monoisotopic (exact) mass is 615 g/mol. The number of ether oxygens (including phenoxy) is 3. The Balaban J connectivity index is 3.43. The first-order valence-corrected chi connectivity index (χ1v) is 19.0. The third-order valence-corrected chi connectivity index (χ3v) is 8.98. The second-order valence-electron chi connectivity index (χ2n) is 14.0. The molecule has 0 aliphatic rings. The van der Waals surface area contributed by atoms with Gasteiger partial charge in [0.25, 0.3) is 0 Å². The predicted octanol–water partition coefficient (Wildman–Crippen LogP) is 11.4. The van der Waals surface area contributed by atoms with Crippen molar-refractivity contribution in [3.8, 4) is 0 Å². The lowest BCUT2D eigenvalue weighted by Gasteiger charge is -2.23. The molecule has 0 saturated heterocycles. The van der Waals surface area contributed by atoms with Crippen LogP contribution in [0, 0.1) is 0 Å². The van der Waals surface area contributed by atoms with Crippen LogP contribution in [-0.4, -0.2) is 48.2 Å². The minimum absolute atomic E-state index is 0.220. The molecule has 0 bridgehead atoms. The summed E-state index contributed by atoms with van der Waals surface area (Å²) in [6.45, 7) is 10.1. The van der Waals surface area contributed by atoms with Crippen LogP contribution >= 0.6 is 0 Å². The molecule has 0 heterocycles. The van der Waals surface area contributed by atoms with E-state index in [9.17, 15) is 10.2 Å². The molecule has 2 atom stereocenters. The zero-order valence-electron chi connectivity index (χ0n) is 29.7. The highest BCUT2D eigenvalue weighted by Gasteiger charge is 2.20.